The topological polar surface area (TPSA) is 76.7 Å². The van der Waals surface area contributed by atoms with Gasteiger partial charge < -0.3 is 20.1 Å². The van der Waals surface area contributed by atoms with Crippen LogP contribution >= 0.6 is 11.6 Å². The lowest BCUT2D eigenvalue weighted by molar-refractivity contribution is -0.126. The van der Waals surface area contributed by atoms with Crippen LogP contribution in [0.25, 0.3) is 0 Å². The lowest BCUT2D eigenvalue weighted by Gasteiger charge is -2.07. The van der Waals surface area contributed by atoms with Crippen LogP contribution < -0.4 is 20.1 Å². The number of fused-ring (bicyclic) bond motifs is 1. The third-order valence-electron chi connectivity index (χ3n) is 3.38. The first-order chi connectivity index (χ1) is 11.6. The van der Waals surface area contributed by atoms with Gasteiger partial charge in [0.05, 0.1) is 0 Å². The molecule has 7 heteroatoms. The van der Waals surface area contributed by atoms with Gasteiger partial charge in [-0.2, -0.15) is 0 Å². The second-order valence-corrected chi connectivity index (χ2v) is 5.63. The minimum Gasteiger partial charge on any atom is -0.454 e. The van der Waals surface area contributed by atoms with E-state index in [2.05, 4.69) is 10.6 Å². The second kappa shape index (κ2) is 7.23. The van der Waals surface area contributed by atoms with E-state index in [1.807, 2.05) is 6.07 Å². The predicted octanol–water partition coefficient (Wildman–Crippen LogP) is 2.71. The van der Waals surface area contributed by atoms with Crippen LogP contribution in [0.15, 0.2) is 42.5 Å². The highest BCUT2D eigenvalue weighted by Gasteiger charge is 2.14. The van der Waals surface area contributed by atoms with Crippen molar-refractivity contribution in [3.05, 3.63) is 53.1 Å². The Kier molecular flexibility index (Phi) is 4.86. The molecule has 0 unspecified atom stereocenters. The molecule has 2 aromatic rings. The highest BCUT2D eigenvalue weighted by Crippen LogP contribution is 2.32. The van der Waals surface area contributed by atoms with E-state index in [0.717, 1.165) is 5.56 Å². The highest BCUT2D eigenvalue weighted by atomic mass is 35.5. The molecule has 1 aliphatic rings. The van der Waals surface area contributed by atoms with Crippen LogP contribution in [0, 0.1) is 0 Å². The zero-order chi connectivity index (χ0) is 16.9. The van der Waals surface area contributed by atoms with Crippen molar-refractivity contribution in [2.45, 2.75) is 13.0 Å². The average Bonchev–Trinajstić information content (AvgIpc) is 3.02. The van der Waals surface area contributed by atoms with Crippen molar-refractivity contribution in [1.82, 2.24) is 5.32 Å². The Hall–Kier alpha value is -2.73. The second-order valence-electron chi connectivity index (χ2n) is 5.20. The van der Waals surface area contributed by atoms with Gasteiger partial charge in [0.15, 0.2) is 11.5 Å². The molecule has 0 saturated heterocycles. The van der Waals surface area contributed by atoms with Gasteiger partial charge in [0.25, 0.3) is 0 Å². The summed E-state index contributed by atoms with van der Waals surface area (Å²) in [7, 11) is 0. The molecular weight excluding hydrogens is 332 g/mol. The van der Waals surface area contributed by atoms with Crippen LogP contribution in [0.2, 0.25) is 5.02 Å². The lowest BCUT2D eigenvalue weighted by atomic mass is 10.2. The Morgan fingerprint density at radius 3 is 2.54 bits per heavy atom. The first kappa shape index (κ1) is 16.1. The Morgan fingerprint density at radius 1 is 1.00 bits per heavy atom. The Balaban J connectivity index is 1.46. The van der Waals surface area contributed by atoms with Crippen molar-refractivity contribution in [2.24, 2.45) is 0 Å². The van der Waals surface area contributed by atoms with Gasteiger partial charge in [0.2, 0.25) is 18.6 Å². The first-order valence-corrected chi connectivity index (χ1v) is 7.68. The van der Waals surface area contributed by atoms with Crippen molar-refractivity contribution in [1.29, 1.82) is 0 Å². The van der Waals surface area contributed by atoms with Gasteiger partial charge in [0, 0.05) is 17.3 Å². The van der Waals surface area contributed by atoms with Crippen molar-refractivity contribution >= 4 is 29.1 Å². The number of halogens is 1. The van der Waals surface area contributed by atoms with Gasteiger partial charge in [-0.3, -0.25) is 9.59 Å². The van der Waals surface area contributed by atoms with Crippen LogP contribution in [0.1, 0.15) is 12.0 Å². The largest absolute Gasteiger partial charge is 0.454 e. The molecule has 0 radical (unpaired) electrons. The maximum Gasteiger partial charge on any atom is 0.233 e. The summed E-state index contributed by atoms with van der Waals surface area (Å²) in [4.78, 5) is 23.7. The maximum absolute atomic E-state index is 11.9. The molecule has 124 valence electrons. The number of amides is 2. The van der Waals surface area contributed by atoms with Crippen molar-refractivity contribution in [3.8, 4) is 11.5 Å². The molecule has 0 fully saturated rings. The smallest absolute Gasteiger partial charge is 0.233 e. The Morgan fingerprint density at radius 2 is 1.75 bits per heavy atom. The fraction of sp³-hybridized carbons (Fsp3) is 0.176. The number of anilines is 1. The minimum atomic E-state index is -0.388. The zero-order valence-corrected chi connectivity index (χ0v) is 13.4. The number of rotatable bonds is 5. The quantitative estimate of drug-likeness (QED) is 0.816. The van der Waals surface area contributed by atoms with Crippen LogP contribution in [0.5, 0.6) is 11.5 Å². The fourth-order valence-electron chi connectivity index (χ4n) is 2.20. The van der Waals surface area contributed by atoms with E-state index >= 15 is 0 Å². The number of hydrogen-bond donors (Lipinski definition) is 2. The summed E-state index contributed by atoms with van der Waals surface area (Å²) in [5.41, 5.74) is 1.46. The maximum atomic E-state index is 11.9. The molecule has 2 amide bonds. The lowest BCUT2D eigenvalue weighted by Crippen LogP contribution is -2.27. The first-order valence-electron chi connectivity index (χ1n) is 7.31. The van der Waals surface area contributed by atoms with Crippen molar-refractivity contribution in [2.75, 3.05) is 12.1 Å². The number of carbonyl (C=O) groups excluding carboxylic acids is 2. The SMILES string of the molecule is O=C(CC(=O)Nc1ccc(Cl)cc1)NCc1ccc2c(c1)OCO2. The van der Waals surface area contributed by atoms with Gasteiger partial charge in [-0.25, -0.2) is 0 Å². The summed E-state index contributed by atoms with van der Waals surface area (Å²) in [6.07, 6.45) is -0.257. The summed E-state index contributed by atoms with van der Waals surface area (Å²) >= 11 is 5.77. The molecule has 2 aromatic carbocycles. The molecule has 6 nitrogen and oxygen atoms in total. The average molecular weight is 347 g/mol. The van der Waals surface area contributed by atoms with Crippen LogP contribution in [-0.2, 0) is 16.1 Å². The Bertz CT molecular complexity index is 762. The number of benzene rings is 2. The molecule has 24 heavy (non-hydrogen) atoms. The number of ether oxygens (including phenoxy) is 2. The number of hydrogen-bond acceptors (Lipinski definition) is 4. The normalized spacial score (nSPS) is 11.9. The molecule has 2 N–H and O–H groups in total. The van der Waals surface area contributed by atoms with Gasteiger partial charge in [-0.05, 0) is 42.0 Å². The molecule has 0 atom stereocenters. The van der Waals surface area contributed by atoms with E-state index in [0.29, 0.717) is 28.8 Å². The van der Waals surface area contributed by atoms with Gasteiger partial charge in [0.1, 0.15) is 6.42 Å². The summed E-state index contributed by atoms with van der Waals surface area (Å²) in [6.45, 7) is 0.514. The van der Waals surface area contributed by atoms with E-state index in [9.17, 15) is 9.59 Å². The summed E-state index contributed by atoms with van der Waals surface area (Å²) in [5, 5.41) is 5.91. The number of carbonyl (C=O) groups is 2. The van der Waals surface area contributed by atoms with Gasteiger partial charge in [-0.1, -0.05) is 17.7 Å². The summed E-state index contributed by atoms with van der Waals surface area (Å²) in [5.74, 6) is 0.592. The summed E-state index contributed by atoms with van der Waals surface area (Å²) < 4.78 is 10.5. The van der Waals surface area contributed by atoms with E-state index < -0.39 is 0 Å². The van der Waals surface area contributed by atoms with Crippen molar-refractivity contribution < 1.29 is 19.1 Å². The highest BCUT2D eigenvalue weighted by molar-refractivity contribution is 6.30. The molecule has 0 aromatic heterocycles. The van der Waals surface area contributed by atoms with Gasteiger partial charge >= 0.3 is 0 Å². The van der Waals surface area contributed by atoms with E-state index in [1.165, 1.54) is 0 Å². The molecule has 0 aliphatic carbocycles. The van der Waals surface area contributed by atoms with E-state index in [-0.39, 0.29) is 25.0 Å². The minimum absolute atomic E-state index is 0.204. The third-order valence-corrected chi connectivity index (χ3v) is 3.63. The molecule has 0 saturated carbocycles. The molecule has 1 heterocycles. The van der Waals surface area contributed by atoms with Gasteiger partial charge in [-0.15, -0.1) is 0 Å². The molecule has 0 bridgehead atoms. The number of nitrogens with one attached hydrogen (secondary N) is 2. The monoisotopic (exact) mass is 346 g/mol. The predicted molar refractivity (Wildman–Crippen MR) is 89.1 cm³/mol. The van der Waals surface area contributed by atoms with Crippen LogP contribution in [0.4, 0.5) is 5.69 Å². The summed E-state index contributed by atoms with van der Waals surface area (Å²) in [6, 6.07) is 12.1. The molecular formula is C17H15ClN2O4. The van der Waals surface area contributed by atoms with Crippen LogP contribution in [0.3, 0.4) is 0 Å². The third kappa shape index (κ3) is 4.17. The van der Waals surface area contributed by atoms with E-state index in [4.69, 9.17) is 21.1 Å². The molecule has 1 aliphatic heterocycles. The Labute approximate surface area is 143 Å². The molecule has 3 rings (SSSR count). The fourth-order valence-corrected chi connectivity index (χ4v) is 2.32. The van der Waals surface area contributed by atoms with Crippen molar-refractivity contribution in [3.63, 3.8) is 0 Å². The standard InChI is InChI=1S/C17H15ClN2O4/c18-12-2-4-13(5-3-12)20-17(22)8-16(21)19-9-11-1-6-14-15(7-11)24-10-23-14/h1-7H,8-10H2,(H,19,21)(H,20,22). The van der Waals surface area contributed by atoms with E-state index in [1.54, 1.807) is 36.4 Å². The zero-order valence-electron chi connectivity index (χ0n) is 12.7. The van der Waals surface area contributed by atoms with Crippen LogP contribution in [-0.4, -0.2) is 18.6 Å². The molecule has 0 spiro atoms.